The number of aromatic amines is 1. The standard InChI is InChI=1S/C22H24N6O2/c1-3-21(29)28-14(2)12-18(17-6-4-5-7-20(17)28)24-15-8-10-16(11-9-15)25-22(30)19-13-23-27-26-19/h4-11,13-14,18,24H,3,12H2,1-2H3,(H,25,30)(H,23,26,27)/t14-,18+/m0/s1. The van der Waals surface area contributed by atoms with Gasteiger partial charge in [0.25, 0.3) is 5.91 Å². The molecular weight excluding hydrogens is 380 g/mol. The molecule has 4 rings (SSSR count). The van der Waals surface area contributed by atoms with Crippen molar-refractivity contribution in [2.75, 3.05) is 15.5 Å². The van der Waals surface area contributed by atoms with Crippen molar-refractivity contribution in [2.24, 2.45) is 0 Å². The Morgan fingerprint density at radius 3 is 2.57 bits per heavy atom. The van der Waals surface area contributed by atoms with Gasteiger partial charge in [-0.2, -0.15) is 15.4 Å². The molecule has 0 radical (unpaired) electrons. The fourth-order valence-electron chi connectivity index (χ4n) is 3.86. The van der Waals surface area contributed by atoms with Crippen LogP contribution < -0.4 is 15.5 Å². The summed E-state index contributed by atoms with van der Waals surface area (Å²) in [7, 11) is 0. The van der Waals surface area contributed by atoms with E-state index in [1.54, 1.807) is 0 Å². The van der Waals surface area contributed by atoms with Crippen LogP contribution in [0.2, 0.25) is 0 Å². The van der Waals surface area contributed by atoms with E-state index in [1.807, 2.05) is 54.3 Å². The first-order valence-electron chi connectivity index (χ1n) is 10.0. The maximum Gasteiger partial charge on any atom is 0.277 e. The highest BCUT2D eigenvalue weighted by molar-refractivity contribution is 6.02. The number of amides is 2. The Kier molecular flexibility index (Phi) is 5.47. The normalized spacial score (nSPS) is 17.9. The largest absolute Gasteiger partial charge is 0.378 e. The zero-order valence-corrected chi connectivity index (χ0v) is 16.9. The first kappa shape index (κ1) is 19.6. The third kappa shape index (κ3) is 3.89. The lowest BCUT2D eigenvalue weighted by Gasteiger charge is -2.40. The van der Waals surface area contributed by atoms with Gasteiger partial charge in [-0.05, 0) is 49.2 Å². The Hall–Kier alpha value is -3.68. The Balaban J connectivity index is 1.50. The van der Waals surface area contributed by atoms with Gasteiger partial charge in [-0.25, -0.2) is 0 Å². The molecule has 1 aliphatic rings. The number of aromatic nitrogens is 3. The minimum absolute atomic E-state index is 0.0904. The number of carbonyl (C=O) groups excluding carboxylic acids is 2. The highest BCUT2D eigenvalue weighted by Crippen LogP contribution is 2.39. The van der Waals surface area contributed by atoms with Crippen LogP contribution in [0, 0.1) is 0 Å². The van der Waals surface area contributed by atoms with Gasteiger partial charge in [0.15, 0.2) is 5.69 Å². The molecule has 8 nitrogen and oxygen atoms in total. The SMILES string of the molecule is CCC(=O)N1c2ccccc2[C@H](Nc2ccc(NC(=O)c3cn[nH]n3)cc2)C[C@@H]1C. The fraction of sp³-hybridized carbons (Fsp3) is 0.273. The van der Waals surface area contributed by atoms with Gasteiger partial charge in [0.1, 0.15) is 0 Å². The quantitative estimate of drug-likeness (QED) is 0.601. The Labute approximate surface area is 174 Å². The molecule has 1 aromatic heterocycles. The van der Waals surface area contributed by atoms with Gasteiger partial charge in [0.2, 0.25) is 5.91 Å². The second-order valence-electron chi connectivity index (χ2n) is 7.34. The zero-order valence-electron chi connectivity index (χ0n) is 16.9. The molecule has 0 saturated carbocycles. The molecule has 2 heterocycles. The van der Waals surface area contributed by atoms with E-state index < -0.39 is 0 Å². The lowest BCUT2D eigenvalue weighted by atomic mass is 9.91. The Bertz CT molecular complexity index is 1030. The number of fused-ring (bicyclic) bond motifs is 1. The molecule has 1 aliphatic heterocycles. The molecular formula is C22H24N6O2. The number of nitrogens with zero attached hydrogens (tertiary/aromatic N) is 3. The minimum atomic E-state index is -0.319. The average Bonchev–Trinajstić information content (AvgIpc) is 3.30. The summed E-state index contributed by atoms with van der Waals surface area (Å²) < 4.78 is 0. The third-order valence-electron chi connectivity index (χ3n) is 5.29. The second-order valence-corrected chi connectivity index (χ2v) is 7.34. The van der Waals surface area contributed by atoms with Crippen LogP contribution in [-0.2, 0) is 4.79 Å². The zero-order chi connectivity index (χ0) is 21.1. The summed E-state index contributed by atoms with van der Waals surface area (Å²) in [5.41, 5.74) is 3.93. The van der Waals surface area contributed by atoms with Crippen molar-refractivity contribution < 1.29 is 9.59 Å². The first-order chi connectivity index (χ1) is 14.6. The maximum atomic E-state index is 12.5. The van der Waals surface area contributed by atoms with Crippen LogP contribution in [0.25, 0.3) is 0 Å². The number of hydrogen-bond acceptors (Lipinski definition) is 5. The van der Waals surface area contributed by atoms with Crippen molar-refractivity contribution in [2.45, 2.75) is 38.8 Å². The monoisotopic (exact) mass is 404 g/mol. The van der Waals surface area contributed by atoms with E-state index in [4.69, 9.17) is 0 Å². The average molecular weight is 404 g/mol. The molecule has 2 amide bonds. The van der Waals surface area contributed by atoms with Gasteiger partial charge in [-0.15, -0.1) is 0 Å². The lowest BCUT2D eigenvalue weighted by Crippen LogP contribution is -2.44. The van der Waals surface area contributed by atoms with Crippen LogP contribution in [0.5, 0.6) is 0 Å². The van der Waals surface area contributed by atoms with Crippen LogP contribution in [0.1, 0.15) is 48.8 Å². The molecule has 0 spiro atoms. The summed E-state index contributed by atoms with van der Waals surface area (Å²) in [6, 6.07) is 15.8. The van der Waals surface area contributed by atoms with Gasteiger partial charge in [-0.1, -0.05) is 25.1 Å². The highest BCUT2D eigenvalue weighted by Gasteiger charge is 2.32. The van der Waals surface area contributed by atoms with Crippen LogP contribution in [0.4, 0.5) is 17.1 Å². The molecule has 154 valence electrons. The molecule has 3 N–H and O–H groups in total. The molecule has 2 atom stereocenters. The van der Waals surface area contributed by atoms with Crippen molar-refractivity contribution in [3.63, 3.8) is 0 Å². The van der Waals surface area contributed by atoms with Crippen LogP contribution in [0.3, 0.4) is 0 Å². The number of hydrogen-bond donors (Lipinski definition) is 3. The summed E-state index contributed by atoms with van der Waals surface area (Å²) >= 11 is 0. The summed E-state index contributed by atoms with van der Waals surface area (Å²) in [5.74, 6) is -0.180. The number of benzene rings is 2. The number of nitrogens with one attached hydrogen (secondary N) is 3. The number of H-pyrrole nitrogens is 1. The van der Waals surface area contributed by atoms with E-state index in [0.717, 1.165) is 23.4 Å². The number of carbonyl (C=O) groups is 2. The van der Waals surface area contributed by atoms with Crippen molar-refractivity contribution >= 4 is 28.9 Å². The van der Waals surface area contributed by atoms with E-state index in [1.165, 1.54) is 6.20 Å². The molecule has 0 unspecified atom stereocenters. The van der Waals surface area contributed by atoms with Crippen molar-refractivity contribution in [3.05, 3.63) is 66.0 Å². The fourth-order valence-corrected chi connectivity index (χ4v) is 3.86. The van der Waals surface area contributed by atoms with Crippen LogP contribution >= 0.6 is 0 Å². The summed E-state index contributed by atoms with van der Waals surface area (Å²) in [6.07, 6.45) is 2.67. The molecule has 0 aliphatic carbocycles. The van der Waals surface area contributed by atoms with Crippen molar-refractivity contribution in [1.29, 1.82) is 0 Å². The van der Waals surface area contributed by atoms with Crippen LogP contribution in [-0.4, -0.2) is 33.3 Å². The third-order valence-corrected chi connectivity index (χ3v) is 5.29. The smallest absolute Gasteiger partial charge is 0.277 e. The maximum absolute atomic E-state index is 12.5. The first-order valence-corrected chi connectivity index (χ1v) is 10.0. The van der Waals surface area contributed by atoms with Crippen LogP contribution in [0.15, 0.2) is 54.7 Å². The van der Waals surface area contributed by atoms with E-state index >= 15 is 0 Å². The van der Waals surface area contributed by atoms with Crippen molar-refractivity contribution in [3.8, 4) is 0 Å². The van der Waals surface area contributed by atoms with Gasteiger partial charge in [0, 0.05) is 29.5 Å². The summed E-state index contributed by atoms with van der Waals surface area (Å²) in [4.78, 5) is 26.5. The second kappa shape index (κ2) is 8.36. The van der Waals surface area contributed by atoms with E-state index in [2.05, 4.69) is 39.0 Å². The van der Waals surface area contributed by atoms with Gasteiger partial charge >= 0.3 is 0 Å². The predicted octanol–water partition coefficient (Wildman–Crippen LogP) is 3.75. The van der Waals surface area contributed by atoms with E-state index in [9.17, 15) is 9.59 Å². The topological polar surface area (TPSA) is 103 Å². The number of rotatable bonds is 5. The molecule has 30 heavy (non-hydrogen) atoms. The molecule has 0 bridgehead atoms. The predicted molar refractivity (Wildman–Crippen MR) is 115 cm³/mol. The number of para-hydroxylation sites is 1. The van der Waals surface area contributed by atoms with E-state index in [-0.39, 0.29) is 29.6 Å². The Morgan fingerprint density at radius 2 is 1.87 bits per heavy atom. The van der Waals surface area contributed by atoms with E-state index in [0.29, 0.717) is 12.1 Å². The number of anilines is 3. The summed E-state index contributed by atoms with van der Waals surface area (Å²) in [6.45, 7) is 3.98. The molecule has 3 aromatic rings. The van der Waals surface area contributed by atoms with Crippen molar-refractivity contribution in [1.82, 2.24) is 15.4 Å². The van der Waals surface area contributed by atoms with Gasteiger partial charge in [0.05, 0.1) is 12.2 Å². The summed E-state index contributed by atoms with van der Waals surface area (Å²) in [5, 5.41) is 16.2. The lowest BCUT2D eigenvalue weighted by molar-refractivity contribution is -0.118. The molecule has 2 aromatic carbocycles. The highest BCUT2D eigenvalue weighted by atomic mass is 16.2. The molecule has 8 heteroatoms. The molecule has 0 fully saturated rings. The molecule has 0 saturated heterocycles. The minimum Gasteiger partial charge on any atom is -0.378 e. The Morgan fingerprint density at radius 1 is 1.13 bits per heavy atom. The van der Waals surface area contributed by atoms with Gasteiger partial charge < -0.3 is 15.5 Å². The van der Waals surface area contributed by atoms with Gasteiger partial charge in [-0.3, -0.25) is 9.59 Å².